The van der Waals surface area contributed by atoms with Gasteiger partial charge in [0.25, 0.3) is 0 Å². The van der Waals surface area contributed by atoms with Gasteiger partial charge in [-0.1, -0.05) is 24.3 Å². The van der Waals surface area contributed by atoms with E-state index in [1.165, 1.54) is 12.1 Å². The zero-order valence-corrected chi connectivity index (χ0v) is 23.2. The van der Waals surface area contributed by atoms with Gasteiger partial charge in [0.2, 0.25) is 0 Å². The highest BCUT2D eigenvalue weighted by Gasteiger charge is 2.39. The molecular weight excluding hydrogens is 536 g/mol. The maximum Gasteiger partial charge on any atom is 0.416 e. The second kappa shape index (κ2) is 11.9. The number of ether oxygens (including phenoxy) is 2. The Balaban J connectivity index is 1.54. The SMILES string of the molecule is CC(C)(C)OC(=O)N1CCC(COCc2cc(-c3ccc(C#N)cc3)cc(C(F)(F)F)c2)(c2ccc(F)cc2)CC1. The van der Waals surface area contributed by atoms with Crippen LogP contribution >= 0.6 is 0 Å². The molecule has 0 aliphatic carbocycles. The van der Waals surface area contributed by atoms with Crippen LogP contribution in [-0.2, 0) is 27.7 Å². The Morgan fingerprint density at radius 3 is 2.15 bits per heavy atom. The van der Waals surface area contributed by atoms with E-state index in [1.54, 1.807) is 68.1 Å². The predicted molar refractivity (Wildman–Crippen MR) is 146 cm³/mol. The molecule has 0 aromatic heterocycles. The van der Waals surface area contributed by atoms with Gasteiger partial charge in [0.05, 0.1) is 30.4 Å². The van der Waals surface area contributed by atoms with Crippen molar-refractivity contribution in [2.75, 3.05) is 19.7 Å². The number of rotatable bonds is 6. The van der Waals surface area contributed by atoms with E-state index in [1.807, 2.05) is 6.07 Å². The van der Waals surface area contributed by atoms with Crippen LogP contribution in [0.1, 0.15) is 55.9 Å². The molecule has 4 rings (SSSR count). The highest BCUT2D eigenvalue weighted by molar-refractivity contribution is 5.68. The lowest BCUT2D eigenvalue weighted by Gasteiger charge is -2.42. The molecule has 9 heteroatoms. The van der Waals surface area contributed by atoms with Gasteiger partial charge in [-0.25, -0.2) is 9.18 Å². The summed E-state index contributed by atoms with van der Waals surface area (Å²) in [7, 11) is 0. The van der Waals surface area contributed by atoms with Crippen molar-refractivity contribution in [2.45, 2.75) is 57.4 Å². The van der Waals surface area contributed by atoms with Gasteiger partial charge in [0.1, 0.15) is 11.4 Å². The molecule has 0 spiro atoms. The van der Waals surface area contributed by atoms with Gasteiger partial charge >= 0.3 is 12.3 Å². The molecule has 0 radical (unpaired) electrons. The standard InChI is InChI=1S/C32H32F4N2O3/c1-30(2,3)41-29(39)38-14-12-31(13-15-38,26-8-10-28(33)11-9-26)21-40-20-23-16-25(18-27(17-23)32(34,35)36)24-6-4-22(19-37)5-7-24/h4-11,16-18H,12-15,20-21H2,1-3H3. The lowest BCUT2D eigenvalue weighted by atomic mass is 9.73. The molecule has 216 valence electrons. The van der Waals surface area contributed by atoms with E-state index in [2.05, 4.69) is 0 Å². The van der Waals surface area contributed by atoms with Crippen LogP contribution in [-0.4, -0.2) is 36.3 Å². The first kappa shape index (κ1) is 30.1. The maximum absolute atomic E-state index is 13.8. The maximum atomic E-state index is 13.8. The van der Waals surface area contributed by atoms with Gasteiger partial charge < -0.3 is 14.4 Å². The number of nitriles is 1. The number of hydrogen-bond acceptors (Lipinski definition) is 4. The third-order valence-corrected chi connectivity index (χ3v) is 7.14. The Hall–Kier alpha value is -3.90. The Labute approximate surface area is 237 Å². The lowest BCUT2D eigenvalue weighted by molar-refractivity contribution is -0.137. The van der Waals surface area contributed by atoms with Crippen LogP contribution in [0.3, 0.4) is 0 Å². The minimum Gasteiger partial charge on any atom is -0.444 e. The van der Waals surface area contributed by atoms with Crippen LogP contribution in [0.15, 0.2) is 66.7 Å². The smallest absolute Gasteiger partial charge is 0.416 e. The molecule has 0 saturated carbocycles. The zero-order valence-electron chi connectivity index (χ0n) is 23.2. The average molecular weight is 569 g/mol. The molecule has 0 atom stereocenters. The van der Waals surface area contributed by atoms with Gasteiger partial charge in [-0.05, 0) is 98.3 Å². The van der Waals surface area contributed by atoms with E-state index in [9.17, 15) is 22.4 Å². The summed E-state index contributed by atoms with van der Waals surface area (Å²) in [4.78, 5) is 14.2. The van der Waals surface area contributed by atoms with Crippen LogP contribution in [0.5, 0.6) is 0 Å². The number of benzene rings is 3. The van der Waals surface area contributed by atoms with Crippen LogP contribution < -0.4 is 0 Å². The summed E-state index contributed by atoms with van der Waals surface area (Å²) in [6.07, 6.45) is -3.94. The molecular formula is C32H32F4N2O3. The molecule has 0 unspecified atom stereocenters. The topological polar surface area (TPSA) is 62.6 Å². The third kappa shape index (κ3) is 7.65. The molecule has 0 N–H and O–H groups in total. The van der Waals surface area contributed by atoms with E-state index in [-0.39, 0.29) is 19.0 Å². The van der Waals surface area contributed by atoms with Crippen molar-refractivity contribution >= 4 is 6.09 Å². The van der Waals surface area contributed by atoms with Crippen LogP contribution in [0, 0.1) is 17.1 Å². The molecule has 5 nitrogen and oxygen atoms in total. The van der Waals surface area contributed by atoms with Crippen LogP contribution in [0.4, 0.5) is 22.4 Å². The number of halogens is 4. The summed E-state index contributed by atoms with van der Waals surface area (Å²) in [6.45, 7) is 6.27. The Morgan fingerprint density at radius 2 is 1.59 bits per heavy atom. The number of nitrogens with zero attached hydrogens (tertiary/aromatic N) is 2. The van der Waals surface area contributed by atoms with Gasteiger partial charge in [0, 0.05) is 18.5 Å². The predicted octanol–water partition coefficient (Wildman–Crippen LogP) is 7.87. The minimum atomic E-state index is -4.55. The molecule has 0 bridgehead atoms. The minimum absolute atomic E-state index is 0.0775. The van der Waals surface area contributed by atoms with Crippen LogP contribution in [0.25, 0.3) is 11.1 Å². The summed E-state index contributed by atoms with van der Waals surface area (Å²) in [5.41, 5.74) is 0.516. The molecule has 1 aliphatic heterocycles. The van der Waals surface area contributed by atoms with Crippen molar-refractivity contribution in [3.8, 4) is 17.2 Å². The van der Waals surface area contributed by atoms with Crippen molar-refractivity contribution in [3.05, 3.63) is 94.8 Å². The normalized spacial score (nSPS) is 15.3. The fourth-order valence-electron chi connectivity index (χ4n) is 4.97. The van der Waals surface area contributed by atoms with E-state index in [0.717, 1.165) is 17.7 Å². The Kier molecular flexibility index (Phi) is 8.74. The summed E-state index contributed by atoms with van der Waals surface area (Å²) in [5, 5.41) is 9.04. The van der Waals surface area contributed by atoms with Crippen molar-refractivity contribution in [3.63, 3.8) is 0 Å². The number of carbonyl (C=O) groups is 1. The van der Waals surface area contributed by atoms with Gasteiger partial charge in [-0.3, -0.25) is 0 Å². The Bertz CT molecular complexity index is 1400. The van der Waals surface area contributed by atoms with E-state index >= 15 is 0 Å². The molecule has 41 heavy (non-hydrogen) atoms. The second-order valence-corrected chi connectivity index (χ2v) is 11.4. The van der Waals surface area contributed by atoms with Gasteiger partial charge in [0.15, 0.2) is 0 Å². The summed E-state index contributed by atoms with van der Waals surface area (Å²) in [6, 6.07) is 18.3. The third-order valence-electron chi connectivity index (χ3n) is 7.14. The first-order chi connectivity index (χ1) is 19.3. The molecule has 1 aliphatic rings. The second-order valence-electron chi connectivity index (χ2n) is 11.4. The molecule has 3 aromatic carbocycles. The average Bonchev–Trinajstić information content (AvgIpc) is 2.92. The highest BCUT2D eigenvalue weighted by atomic mass is 19.4. The van der Waals surface area contributed by atoms with E-state index in [0.29, 0.717) is 48.2 Å². The first-order valence-corrected chi connectivity index (χ1v) is 13.3. The van der Waals surface area contributed by atoms with Gasteiger partial charge in [-0.2, -0.15) is 18.4 Å². The number of alkyl halides is 3. The fourth-order valence-corrected chi connectivity index (χ4v) is 4.97. The molecule has 1 heterocycles. The number of likely N-dealkylation sites (tertiary alicyclic amines) is 1. The zero-order chi connectivity index (χ0) is 29.8. The number of piperidine rings is 1. The molecule has 1 fully saturated rings. The van der Waals surface area contributed by atoms with Crippen molar-refractivity contribution in [1.29, 1.82) is 5.26 Å². The summed E-state index contributed by atoms with van der Waals surface area (Å²) in [5.74, 6) is -0.379. The first-order valence-electron chi connectivity index (χ1n) is 13.3. The van der Waals surface area contributed by atoms with Crippen molar-refractivity contribution in [2.24, 2.45) is 0 Å². The summed E-state index contributed by atoms with van der Waals surface area (Å²) >= 11 is 0. The highest BCUT2D eigenvalue weighted by Crippen LogP contribution is 2.38. The van der Waals surface area contributed by atoms with Crippen molar-refractivity contribution in [1.82, 2.24) is 4.90 Å². The molecule has 1 saturated heterocycles. The van der Waals surface area contributed by atoms with Crippen molar-refractivity contribution < 1.29 is 31.8 Å². The molecule has 3 aromatic rings. The van der Waals surface area contributed by atoms with Gasteiger partial charge in [-0.15, -0.1) is 0 Å². The number of carbonyl (C=O) groups excluding carboxylic acids is 1. The fraction of sp³-hybridized carbons (Fsp3) is 0.375. The Morgan fingerprint density at radius 1 is 0.951 bits per heavy atom. The largest absolute Gasteiger partial charge is 0.444 e. The van der Waals surface area contributed by atoms with E-state index in [4.69, 9.17) is 14.7 Å². The quantitative estimate of drug-likeness (QED) is 0.284. The number of hydrogen-bond donors (Lipinski definition) is 0. The summed E-state index contributed by atoms with van der Waals surface area (Å²) < 4.78 is 66.6. The monoisotopic (exact) mass is 568 g/mol. The molecule has 1 amide bonds. The lowest BCUT2D eigenvalue weighted by Crippen LogP contribution is -2.48. The van der Waals surface area contributed by atoms with Crippen LogP contribution in [0.2, 0.25) is 0 Å². The van der Waals surface area contributed by atoms with E-state index < -0.39 is 28.8 Å². The number of amides is 1.